The Bertz CT molecular complexity index is 1180. The van der Waals surface area contributed by atoms with Crippen molar-refractivity contribution in [3.8, 4) is 11.3 Å². The number of nitrogens with zero attached hydrogens (tertiary/aromatic N) is 4. The molecule has 0 unspecified atom stereocenters. The van der Waals surface area contributed by atoms with Crippen molar-refractivity contribution in [3.05, 3.63) is 83.7 Å². The van der Waals surface area contributed by atoms with E-state index in [-0.39, 0.29) is 5.91 Å². The van der Waals surface area contributed by atoms with Crippen molar-refractivity contribution in [2.75, 3.05) is 6.54 Å². The lowest BCUT2D eigenvalue weighted by atomic mass is 9.99. The van der Waals surface area contributed by atoms with Crippen molar-refractivity contribution in [2.45, 2.75) is 13.0 Å². The highest BCUT2D eigenvalue weighted by atomic mass is 16.2. The van der Waals surface area contributed by atoms with Crippen molar-refractivity contribution in [1.29, 1.82) is 0 Å². The molecule has 1 amide bonds. The molecule has 0 saturated carbocycles. The van der Waals surface area contributed by atoms with E-state index in [4.69, 9.17) is 5.10 Å². The maximum absolute atomic E-state index is 13.1. The van der Waals surface area contributed by atoms with Crippen LogP contribution < -0.4 is 0 Å². The summed E-state index contributed by atoms with van der Waals surface area (Å²) in [6, 6.07) is 19.9. The molecule has 2 aromatic carbocycles. The van der Waals surface area contributed by atoms with Gasteiger partial charge in [0.15, 0.2) is 0 Å². The standard InChI is InChI=1S/C23H20N4O/c1-26-22(16-6-3-2-4-7-16)19-11-13-27(15-21(19)25-26)23(28)18-9-10-20-17(14-18)8-5-12-24-20/h2-10,12,14H,11,13,15H2,1H3. The van der Waals surface area contributed by atoms with Gasteiger partial charge in [-0.2, -0.15) is 5.10 Å². The average molecular weight is 368 g/mol. The number of benzene rings is 2. The fourth-order valence-electron chi connectivity index (χ4n) is 4.04. The third-order valence-corrected chi connectivity index (χ3v) is 5.39. The van der Waals surface area contributed by atoms with Crippen molar-refractivity contribution in [1.82, 2.24) is 19.7 Å². The molecule has 0 atom stereocenters. The first kappa shape index (κ1) is 16.7. The molecule has 0 radical (unpaired) electrons. The molecule has 1 aliphatic rings. The van der Waals surface area contributed by atoms with Gasteiger partial charge in [-0.25, -0.2) is 0 Å². The van der Waals surface area contributed by atoms with Crippen molar-refractivity contribution >= 4 is 16.8 Å². The number of rotatable bonds is 2. The molecule has 1 aliphatic heterocycles. The minimum absolute atomic E-state index is 0.0447. The van der Waals surface area contributed by atoms with E-state index < -0.39 is 0 Å². The topological polar surface area (TPSA) is 51.0 Å². The average Bonchev–Trinajstić information content (AvgIpc) is 3.08. The fourth-order valence-corrected chi connectivity index (χ4v) is 4.04. The van der Waals surface area contributed by atoms with Gasteiger partial charge in [-0.3, -0.25) is 14.5 Å². The number of aryl methyl sites for hydroxylation is 1. The van der Waals surface area contributed by atoms with E-state index in [0.29, 0.717) is 18.7 Å². The SMILES string of the molecule is Cn1nc2c(c1-c1ccccc1)CCN(C(=O)c1ccc3ncccc3c1)C2. The van der Waals surface area contributed by atoms with Crippen LogP contribution in [0.2, 0.25) is 0 Å². The van der Waals surface area contributed by atoms with Gasteiger partial charge in [-0.05, 0) is 30.7 Å². The summed E-state index contributed by atoms with van der Waals surface area (Å²) in [5, 5.41) is 5.70. The number of carbonyl (C=O) groups excluding carboxylic acids is 1. The lowest BCUT2D eigenvalue weighted by Gasteiger charge is -2.26. The van der Waals surface area contributed by atoms with E-state index in [2.05, 4.69) is 17.1 Å². The van der Waals surface area contributed by atoms with Gasteiger partial charge in [0.2, 0.25) is 0 Å². The second-order valence-electron chi connectivity index (χ2n) is 7.15. The van der Waals surface area contributed by atoms with E-state index in [1.54, 1.807) is 6.20 Å². The Morgan fingerprint density at radius 1 is 1.04 bits per heavy atom. The van der Waals surface area contributed by atoms with Gasteiger partial charge < -0.3 is 4.90 Å². The predicted octanol–water partition coefficient (Wildman–Crippen LogP) is 3.83. The molecule has 5 nitrogen and oxygen atoms in total. The van der Waals surface area contributed by atoms with E-state index in [9.17, 15) is 4.79 Å². The predicted molar refractivity (Wildman–Crippen MR) is 109 cm³/mol. The molecule has 28 heavy (non-hydrogen) atoms. The Morgan fingerprint density at radius 2 is 1.89 bits per heavy atom. The Balaban J connectivity index is 1.45. The Labute approximate surface area is 163 Å². The molecule has 0 saturated heterocycles. The quantitative estimate of drug-likeness (QED) is 0.540. The van der Waals surface area contributed by atoms with Gasteiger partial charge >= 0.3 is 0 Å². The molecule has 0 spiro atoms. The third-order valence-electron chi connectivity index (χ3n) is 5.39. The first-order valence-corrected chi connectivity index (χ1v) is 9.45. The molecule has 4 aromatic rings. The Kier molecular flexibility index (Phi) is 3.93. The Hall–Kier alpha value is -3.47. The molecule has 138 valence electrons. The highest BCUT2D eigenvalue weighted by Crippen LogP contribution is 2.30. The van der Waals surface area contributed by atoms with Crippen LogP contribution in [0.3, 0.4) is 0 Å². The molecule has 5 rings (SSSR count). The second kappa shape index (κ2) is 6.60. The van der Waals surface area contributed by atoms with Gasteiger partial charge in [0, 0.05) is 41.9 Å². The van der Waals surface area contributed by atoms with Gasteiger partial charge in [0.25, 0.3) is 5.91 Å². The lowest BCUT2D eigenvalue weighted by molar-refractivity contribution is 0.0732. The van der Waals surface area contributed by atoms with Crippen LogP contribution in [0.5, 0.6) is 0 Å². The zero-order valence-electron chi connectivity index (χ0n) is 15.7. The largest absolute Gasteiger partial charge is 0.332 e. The first-order valence-electron chi connectivity index (χ1n) is 9.45. The smallest absolute Gasteiger partial charge is 0.254 e. The molecule has 3 heterocycles. The lowest BCUT2D eigenvalue weighted by Crippen LogP contribution is -2.36. The highest BCUT2D eigenvalue weighted by Gasteiger charge is 2.27. The summed E-state index contributed by atoms with van der Waals surface area (Å²) in [6.45, 7) is 1.24. The molecule has 0 aliphatic carbocycles. The number of carbonyl (C=O) groups is 1. The summed E-state index contributed by atoms with van der Waals surface area (Å²) in [6.07, 6.45) is 2.58. The van der Waals surface area contributed by atoms with Crippen LogP contribution >= 0.6 is 0 Å². The fraction of sp³-hybridized carbons (Fsp3) is 0.174. The van der Waals surface area contributed by atoms with E-state index in [0.717, 1.165) is 28.7 Å². The summed E-state index contributed by atoms with van der Waals surface area (Å²) in [5.41, 5.74) is 6.16. The summed E-state index contributed by atoms with van der Waals surface area (Å²) < 4.78 is 1.94. The van der Waals surface area contributed by atoms with Crippen LogP contribution in [0.15, 0.2) is 66.9 Å². The Morgan fingerprint density at radius 3 is 2.75 bits per heavy atom. The van der Waals surface area contributed by atoms with Crippen LogP contribution in [0.25, 0.3) is 22.2 Å². The monoisotopic (exact) mass is 368 g/mol. The second-order valence-corrected chi connectivity index (χ2v) is 7.15. The van der Waals surface area contributed by atoms with Crippen molar-refractivity contribution in [2.24, 2.45) is 7.05 Å². The van der Waals surface area contributed by atoms with E-state index in [1.807, 2.05) is 65.2 Å². The number of hydrogen-bond acceptors (Lipinski definition) is 3. The zero-order chi connectivity index (χ0) is 19.1. The molecule has 2 aromatic heterocycles. The van der Waals surface area contributed by atoms with Crippen molar-refractivity contribution in [3.63, 3.8) is 0 Å². The van der Waals surface area contributed by atoms with Gasteiger partial charge in [-0.15, -0.1) is 0 Å². The van der Waals surface area contributed by atoms with Crippen molar-refractivity contribution < 1.29 is 4.79 Å². The number of aromatic nitrogens is 3. The number of hydrogen-bond donors (Lipinski definition) is 0. The number of amides is 1. The summed E-state index contributed by atoms with van der Waals surface area (Å²) in [7, 11) is 1.98. The zero-order valence-corrected chi connectivity index (χ0v) is 15.7. The molecule has 0 N–H and O–H groups in total. The van der Waals surface area contributed by atoms with Gasteiger partial charge in [0.1, 0.15) is 0 Å². The minimum atomic E-state index is 0.0447. The summed E-state index contributed by atoms with van der Waals surface area (Å²) in [5.74, 6) is 0.0447. The highest BCUT2D eigenvalue weighted by molar-refractivity contribution is 5.98. The maximum Gasteiger partial charge on any atom is 0.254 e. The first-order chi connectivity index (χ1) is 13.7. The molecule has 5 heteroatoms. The van der Waals surface area contributed by atoms with E-state index in [1.165, 1.54) is 11.1 Å². The molecule has 0 fully saturated rings. The van der Waals surface area contributed by atoms with Crippen LogP contribution in [0.1, 0.15) is 21.6 Å². The number of fused-ring (bicyclic) bond motifs is 2. The molecular formula is C23H20N4O. The number of pyridine rings is 1. The molecular weight excluding hydrogens is 348 g/mol. The third kappa shape index (κ3) is 2.76. The van der Waals surface area contributed by atoms with E-state index >= 15 is 0 Å². The normalized spacial score (nSPS) is 13.5. The van der Waals surface area contributed by atoms with Crippen LogP contribution in [-0.4, -0.2) is 32.1 Å². The van der Waals surface area contributed by atoms with Crippen LogP contribution in [0.4, 0.5) is 0 Å². The van der Waals surface area contributed by atoms with Crippen LogP contribution in [-0.2, 0) is 20.0 Å². The summed E-state index contributed by atoms with van der Waals surface area (Å²) >= 11 is 0. The minimum Gasteiger partial charge on any atom is -0.332 e. The van der Waals surface area contributed by atoms with Crippen LogP contribution in [0, 0.1) is 0 Å². The van der Waals surface area contributed by atoms with Gasteiger partial charge in [0.05, 0.1) is 23.4 Å². The molecule has 0 bridgehead atoms. The summed E-state index contributed by atoms with van der Waals surface area (Å²) in [4.78, 5) is 19.3. The maximum atomic E-state index is 13.1. The van der Waals surface area contributed by atoms with Gasteiger partial charge in [-0.1, -0.05) is 36.4 Å².